The van der Waals surface area contributed by atoms with Crippen LogP contribution in [0, 0.1) is 11.8 Å². The van der Waals surface area contributed by atoms with E-state index in [4.69, 9.17) is 11.6 Å². The minimum atomic E-state index is -0.734. The molecule has 3 rings (SSSR count). The molecule has 1 saturated heterocycles. The van der Waals surface area contributed by atoms with Crippen LogP contribution in [0.15, 0.2) is 24.3 Å². The first-order chi connectivity index (χ1) is 11.6. The van der Waals surface area contributed by atoms with Crippen molar-refractivity contribution in [2.45, 2.75) is 63.9 Å². The SMILES string of the molecule is CC(CN1CCCCC1)C(O)(c1ccc(Cl)cc1)C1CCCCC1.Cl. The van der Waals surface area contributed by atoms with E-state index in [0.717, 1.165) is 30.0 Å². The van der Waals surface area contributed by atoms with Crippen molar-refractivity contribution in [1.29, 1.82) is 0 Å². The van der Waals surface area contributed by atoms with Crippen molar-refractivity contribution >= 4 is 24.0 Å². The topological polar surface area (TPSA) is 23.5 Å². The van der Waals surface area contributed by atoms with Gasteiger partial charge >= 0.3 is 0 Å². The summed E-state index contributed by atoms with van der Waals surface area (Å²) in [7, 11) is 0. The van der Waals surface area contributed by atoms with E-state index in [-0.39, 0.29) is 18.3 Å². The van der Waals surface area contributed by atoms with Crippen LogP contribution in [0.25, 0.3) is 0 Å². The lowest BCUT2D eigenvalue weighted by Gasteiger charge is -2.45. The number of nitrogens with zero attached hydrogens (tertiary/aromatic N) is 1. The summed E-state index contributed by atoms with van der Waals surface area (Å²) in [6, 6.07) is 7.95. The van der Waals surface area contributed by atoms with Crippen LogP contribution in [-0.4, -0.2) is 29.6 Å². The molecule has 25 heavy (non-hydrogen) atoms. The quantitative estimate of drug-likeness (QED) is 0.707. The Morgan fingerprint density at radius 1 is 1.04 bits per heavy atom. The largest absolute Gasteiger partial charge is 0.385 e. The van der Waals surface area contributed by atoms with Crippen LogP contribution in [-0.2, 0) is 5.60 Å². The first-order valence-electron chi connectivity index (χ1n) is 9.81. The second-order valence-corrected chi connectivity index (χ2v) is 8.37. The highest BCUT2D eigenvalue weighted by atomic mass is 35.5. The fourth-order valence-electron chi connectivity index (χ4n) is 4.85. The maximum atomic E-state index is 11.9. The van der Waals surface area contributed by atoms with Gasteiger partial charge in [-0.15, -0.1) is 12.4 Å². The highest BCUT2D eigenvalue weighted by Gasteiger charge is 2.43. The van der Waals surface area contributed by atoms with Gasteiger partial charge in [0.15, 0.2) is 0 Å². The summed E-state index contributed by atoms with van der Waals surface area (Å²) in [6.45, 7) is 5.62. The van der Waals surface area contributed by atoms with Gasteiger partial charge in [-0.25, -0.2) is 0 Å². The van der Waals surface area contributed by atoms with Crippen molar-refractivity contribution in [2.24, 2.45) is 11.8 Å². The zero-order valence-electron chi connectivity index (χ0n) is 15.4. The zero-order chi connectivity index (χ0) is 17.0. The molecule has 1 saturated carbocycles. The van der Waals surface area contributed by atoms with Crippen LogP contribution in [0.2, 0.25) is 5.02 Å². The van der Waals surface area contributed by atoms with E-state index in [1.165, 1.54) is 51.6 Å². The number of aliphatic hydroxyl groups is 1. The molecular weight excluding hydrogens is 353 g/mol. The van der Waals surface area contributed by atoms with Gasteiger partial charge in [-0.05, 0) is 62.4 Å². The molecular formula is C21H33Cl2NO. The summed E-state index contributed by atoms with van der Waals surface area (Å²) in [4.78, 5) is 2.55. The number of piperidine rings is 1. The van der Waals surface area contributed by atoms with Gasteiger partial charge in [-0.3, -0.25) is 0 Å². The maximum absolute atomic E-state index is 11.9. The molecule has 0 amide bonds. The van der Waals surface area contributed by atoms with Crippen molar-refractivity contribution in [3.63, 3.8) is 0 Å². The molecule has 142 valence electrons. The van der Waals surface area contributed by atoms with E-state index < -0.39 is 5.60 Å². The van der Waals surface area contributed by atoms with Crippen molar-refractivity contribution < 1.29 is 5.11 Å². The van der Waals surface area contributed by atoms with Crippen molar-refractivity contribution in [3.8, 4) is 0 Å². The summed E-state index contributed by atoms with van der Waals surface area (Å²) in [5, 5.41) is 12.7. The van der Waals surface area contributed by atoms with E-state index >= 15 is 0 Å². The Kier molecular flexibility index (Phi) is 8.07. The second kappa shape index (κ2) is 9.60. The summed E-state index contributed by atoms with van der Waals surface area (Å²) >= 11 is 6.09. The lowest BCUT2D eigenvalue weighted by molar-refractivity contribution is -0.0917. The fraction of sp³-hybridized carbons (Fsp3) is 0.714. The van der Waals surface area contributed by atoms with E-state index in [1.54, 1.807) is 0 Å². The third-order valence-corrected chi connectivity index (χ3v) is 6.52. The van der Waals surface area contributed by atoms with E-state index in [2.05, 4.69) is 11.8 Å². The van der Waals surface area contributed by atoms with Crippen molar-refractivity contribution in [1.82, 2.24) is 4.90 Å². The Morgan fingerprint density at radius 3 is 2.20 bits per heavy atom. The van der Waals surface area contributed by atoms with Crippen LogP contribution in [0.4, 0.5) is 0 Å². The lowest BCUT2D eigenvalue weighted by atomic mass is 9.67. The maximum Gasteiger partial charge on any atom is 0.0962 e. The monoisotopic (exact) mass is 385 g/mol. The van der Waals surface area contributed by atoms with Gasteiger partial charge in [0.05, 0.1) is 5.60 Å². The Labute approximate surface area is 164 Å². The van der Waals surface area contributed by atoms with Crippen LogP contribution < -0.4 is 0 Å². The van der Waals surface area contributed by atoms with E-state index in [0.29, 0.717) is 5.92 Å². The first kappa shape index (κ1) is 21.0. The third kappa shape index (κ3) is 4.91. The molecule has 1 aliphatic heterocycles. The number of benzene rings is 1. The fourth-order valence-corrected chi connectivity index (χ4v) is 4.98. The molecule has 1 heterocycles. The first-order valence-corrected chi connectivity index (χ1v) is 10.2. The van der Waals surface area contributed by atoms with Crippen molar-refractivity contribution in [3.05, 3.63) is 34.9 Å². The van der Waals surface area contributed by atoms with Crippen LogP contribution in [0.3, 0.4) is 0 Å². The van der Waals surface area contributed by atoms with E-state index in [1.807, 2.05) is 24.3 Å². The normalized spacial score (nSPS) is 23.5. The summed E-state index contributed by atoms with van der Waals surface area (Å²) < 4.78 is 0. The molecule has 2 nitrogen and oxygen atoms in total. The summed E-state index contributed by atoms with van der Waals surface area (Å²) in [5.41, 5.74) is 0.325. The van der Waals surface area contributed by atoms with Gasteiger partial charge in [-0.2, -0.15) is 0 Å². The molecule has 1 aliphatic carbocycles. The molecule has 0 radical (unpaired) electrons. The molecule has 1 aromatic rings. The molecule has 2 fully saturated rings. The number of rotatable bonds is 5. The molecule has 2 unspecified atom stereocenters. The Balaban J connectivity index is 0.00000225. The zero-order valence-corrected chi connectivity index (χ0v) is 17.0. The number of hydrogen-bond acceptors (Lipinski definition) is 2. The van der Waals surface area contributed by atoms with Crippen LogP contribution in [0.5, 0.6) is 0 Å². The Morgan fingerprint density at radius 2 is 1.60 bits per heavy atom. The Hall–Kier alpha value is -0.280. The van der Waals surface area contributed by atoms with Gasteiger partial charge in [0.2, 0.25) is 0 Å². The molecule has 0 bridgehead atoms. The Bertz CT molecular complexity index is 509. The average molecular weight is 386 g/mol. The predicted octanol–water partition coefficient (Wildman–Crippen LogP) is 5.65. The number of halogens is 2. The second-order valence-electron chi connectivity index (χ2n) is 7.93. The molecule has 1 N–H and O–H groups in total. The third-order valence-electron chi connectivity index (χ3n) is 6.27. The highest BCUT2D eigenvalue weighted by molar-refractivity contribution is 6.30. The minimum Gasteiger partial charge on any atom is -0.385 e. The standard InChI is InChI=1S/C21H32ClNO.ClH/c1-17(16-23-14-6-3-7-15-23)21(24,18-8-4-2-5-9-18)19-10-12-20(22)13-11-19;/h10-13,17-18,24H,2-9,14-16H2,1H3;1H. The van der Waals surface area contributed by atoms with Gasteiger partial charge in [-0.1, -0.05) is 56.3 Å². The minimum absolute atomic E-state index is 0. The van der Waals surface area contributed by atoms with Crippen LogP contribution in [0.1, 0.15) is 63.9 Å². The summed E-state index contributed by atoms with van der Waals surface area (Å²) in [5.74, 6) is 0.604. The average Bonchev–Trinajstić information content (AvgIpc) is 2.63. The van der Waals surface area contributed by atoms with Crippen molar-refractivity contribution in [2.75, 3.05) is 19.6 Å². The molecule has 0 spiro atoms. The number of hydrogen-bond donors (Lipinski definition) is 1. The van der Waals surface area contributed by atoms with Gasteiger partial charge < -0.3 is 10.0 Å². The molecule has 2 atom stereocenters. The highest BCUT2D eigenvalue weighted by Crippen LogP contribution is 2.44. The molecule has 1 aromatic carbocycles. The lowest BCUT2D eigenvalue weighted by Crippen LogP contribution is -2.47. The summed E-state index contributed by atoms with van der Waals surface area (Å²) in [6.07, 6.45) is 10.1. The van der Waals surface area contributed by atoms with Crippen LogP contribution >= 0.6 is 24.0 Å². The molecule has 4 heteroatoms. The van der Waals surface area contributed by atoms with Gasteiger partial charge in [0, 0.05) is 17.5 Å². The molecule has 2 aliphatic rings. The smallest absolute Gasteiger partial charge is 0.0962 e. The molecule has 0 aromatic heterocycles. The number of likely N-dealkylation sites (tertiary alicyclic amines) is 1. The van der Waals surface area contributed by atoms with Gasteiger partial charge in [0.1, 0.15) is 0 Å². The predicted molar refractivity (Wildman–Crippen MR) is 109 cm³/mol. The van der Waals surface area contributed by atoms with Gasteiger partial charge in [0.25, 0.3) is 0 Å². The van der Waals surface area contributed by atoms with E-state index in [9.17, 15) is 5.11 Å².